The fourth-order valence-electron chi connectivity index (χ4n) is 2.14. The standard InChI is InChI=1S/C14H18ClNO3S/c1-14(2,7-15)13(18)16-11-10(12(17)19-3)8-5-4-6-9(8)20-11/h4-7H2,1-3H3,(H,16,18). The summed E-state index contributed by atoms with van der Waals surface area (Å²) < 4.78 is 4.84. The van der Waals surface area contributed by atoms with Crippen LogP contribution >= 0.6 is 22.9 Å². The second kappa shape index (κ2) is 5.74. The van der Waals surface area contributed by atoms with Gasteiger partial charge in [-0.15, -0.1) is 22.9 Å². The molecule has 0 aliphatic heterocycles. The van der Waals surface area contributed by atoms with Gasteiger partial charge in [0.05, 0.1) is 18.1 Å². The number of fused-ring (bicyclic) bond motifs is 1. The van der Waals surface area contributed by atoms with Gasteiger partial charge in [0.15, 0.2) is 0 Å². The predicted octanol–water partition coefficient (Wildman–Crippen LogP) is 3.23. The molecule has 0 atom stereocenters. The van der Waals surface area contributed by atoms with Crippen molar-refractivity contribution in [2.45, 2.75) is 33.1 Å². The summed E-state index contributed by atoms with van der Waals surface area (Å²) in [6.45, 7) is 3.54. The third-order valence-corrected chi connectivity index (χ3v) is 5.36. The summed E-state index contributed by atoms with van der Waals surface area (Å²) in [6, 6.07) is 0. The van der Waals surface area contributed by atoms with Crippen LogP contribution in [0.5, 0.6) is 0 Å². The lowest BCUT2D eigenvalue weighted by atomic mass is 9.95. The maximum atomic E-state index is 12.2. The number of thiophene rings is 1. The molecule has 0 unspecified atom stereocenters. The lowest BCUT2D eigenvalue weighted by Gasteiger charge is -2.20. The second-order valence-electron chi connectivity index (χ2n) is 5.52. The first-order valence-corrected chi connectivity index (χ1v) is 7.86. The normalized spacial score (nSPS) is 14.0. The lowest BCUT2D eigenvalue weighted by Crippen LogP contribution is -2.32. The third-order valence-electron chi connectivity index (χ3n) is 3.49. The number of rotatable bonds is 4. The monoisotopic (exact) mass is 315 g/mol. The van der Waals surface area contributed by atoms with Crippen LogP contribution in [-0.4, -0.2) is 24.9 Å². The molecule has 1 aliphatic carbocycles. The highest BCUT2D eigenvalue weighted by Crippen LogP contribution is 2.40. The Bertz CT molecular complexity index is 551. The number of alkyl halides is 1. The van der Waals surface area contributed by atoms with Gasteiger partial charge in [0, 0.05) is 10.8 Å². The van der Waals surface area contributed by atoms with Crippen molar-refractivity contribution in [3.05, 3.63) is 16.0 Å². The quantitative estimate of drug-likeness (QED) is 0.685. The van der Waals surface area contributed by atoms with Gasteiger partial charge in [-0.3, -0.25) is 4.79 Å². The van der Waals surface area contributed by atoms with Crippen LogP contribution in [-0.2, 0) is 22.4 Å². The number of esters is 1. The molecule has 110 valence electrons. The zero-order valence-corrected chi connectivity index (χ0v) is 13.4. The molecule has 20 heavy (non-hydrogen) atoms. The minimum Gasteiger partial charge on any atom is -0.465 e. The van der Waals surface area contributed by atoms with Gasteiger partial charge in [0.2, 0.25) is 5.91 Å². The molecule has 1 N–H and O–H groups in total. The Hall–Kier alpha value is -1.07. The minimum atomic E-state index is -0.677. The number of hydrogen-bond donors (Lipinski definition) is 1. The maximum absolute atomic E-state index is 12.2. The molecule has 4 nitrogen and oxygen atoms in total. The van der Waals surface area contributed by atoms with Gasteiger partial charge in [-0.2, -0.15) is 0 Å². The van der Waals surface area contributed by atoms with E-state index in [1.165, 1.54) is 23.3 Å². The number of ether oxygens (including phenoxy) is 1. The van der Waals surface area contributed by atoms with Crippen molar-refractivity contribution in [2.24, 2.45) is 5.41 Å². The van der Waals surface area contributed by atoms with Crippen molar-refractivity contribution in [2.75, 3.05) is 18.3 Å². The fourth-order valence-corrected chi connectivity index (χ4v) is 3.54. The van der Waals surface area contributed by atoms with Crippen molar-refractivity contribution in [3.8, 4) is 0 Å². The molecule has 2 rings (SSSR count). The maximum Gasteiger partial charge on any atom is 0.341 e. The molecule has 0 saturated carbocycles. The Kier molecular flexibility index (Phi) is 4.39. The molecule has 1 amide bonds. The molecule has 0 bridgehead atoms. The molecule has 0 aromatic carbocycles. The number of hydrogen-bond acceptors (Lipinski definition) is 4. The molecule has 1 aromatic rings. The van der Waals surface area contributed by atoms with E-state index in [9.17, 15) is 9.59 Å². The van der Waals surface area contributed by atoms with Crippen molar-refractivity contribution in [3.63, 3.8) is 0 Å². The Morgan fingerprint density at radius 3 is 2.70 bits per heavy atom. The van der Waals surface area contributed by atoms with Crippen LogP contribution in [0.2, 0.25) is 0 Å². The lowest BCUT2D eigenvalue weighted by molar-refractivity contribution is -0.122. The molecule has 1 aromatic heterocycles. The van der Waals surface area contributed by atoms with Gasteiger partial charge >= 0.3 is 5.97 Å². The molecule has 0 fully saturated rings. The number of halogens is 1. The predicted molar refractivity (Wildman–Crippen MR) is 80.8 cm³/mol. The van der Waals surface area contributed by atoms with Crippen LogP contribution in [0.3, 0.4) is 0 Å². The highest BCUT2D eigenvalue weighted by atomic mass is 35.5. The molecule has 1 aliphatic rings. The SMILES string of the molecule is COC(=O)c1c(NC(=O)C(C)(C)CCl)sc2c1CCC2. The van der Waals surface area contributed by atoms with Gasteiger partial charge in [-0.25, -0.2) is 4.79 Å². The Morgan fingerprint density at radius 2 is 2.10 bits per heavy atom. The Balaban J connectivity index is 2.33. The molecule has 0 radical (unpaired) electrons. The van der Waals surface area contributed by atoms with E-state index in [4.69, 9.17) is 16.3 Å². The van der Waals surface area contributed by atoms with E-state index in [0.29, 0.717) is 10.6 Å². The molecule has 0 saturated heterocycles. The first kappa shape index (κ1) is 15.3. The van der Waals surface area contributed by atoms with Crippen LogP contribution in [0.1, 0.15) is 41.1 Å². The minimum absolute atomic E-state index is 0.183. The second-order valence-corrected chi connectivity index (χ2v) is 6.90. The van der Waals surface area contributed by atoms with E-state index in [1.54, 1.807) is 13.8 Å². The van der Waals surface area contributed by atoms with E-state index in [0.717, 1.165) is 24.8 Å². The Labute approximate surface area is 127 Å². The highest BCUT2D eigenvalue weighted by Gasteiger charge is 2.32. The number of aryl methyl sites for hydroxylation is 1. The first-order valence-electron chi connectivity index (χ1n) is 6.51. The van der Waals surface area contributed by atoms with E-state index in [-0.39, 0.29) is 17.8 Å². The molecule has 0 spiro atoms. The van der Waals surface area contributed by atoms with Crippen LogP contribution in [0.15, 0.2) is 0 Å². The van der Waals surface area contributed by atoms with Gasteiger partial charge in [-0.1, -0.05) is 0 Å². The summed E-state index contributed by atoms with van der Waals surface area (Å²) >= 11 is 7.28. The van der Waals surface area contributed by atoms with Gasteiger partial charge in [0.1, 0.15) is 5.00 Å². The smallest absolute Gasteiger partial charge is 0.341 e. The number of carbonyl (C=O) groups excluding carboxylic acids is 2. The zero-order valence-electron chi connectivity index (χ0n) is 11.8. The number of nitrogens with one attached hydrogen (secondary N) is 1. The number of anilines is 1. The van der Waals surface area contributed by atoms with Crippen LogP contribution in [0, 0.1) is 5.41 Å². The summed E-state index contributed by atoms with van der Waals surface area (Å²) in [5.74, 6) is -0.349. The molecule has 1 heterocycles. The van der Waals surface area contributed by atoms with Crippen molar-refractivity contribution < 1.29 is 14.3 Å². The largest absolute Gasteiger partial charge is 0.465 e. The zero-order chi connectivity index (χ0) is 14.9. The Morgan fingerprint density at radius 1 is 1.40 bits per heavy atom. The van der Waals surface area contributed by atoms with Gasteiger partial charge in [0.25, 0.3) is 0 Å². The summed E-state index contributed by atoms with van der Waals surface area (Å²) in [4.78, 5) is 25.3. The van der Waals surface area contributed by atoms with Gasteiger partial charge in [-0.05, 0) is 38.7 Å². The first-order chi connectivity index (χ1) is 9.40. The molecule has 6 heteroatoms. The topological polar surface area (TPSA) is 55.4 Å². The van der Waals surface area contributed by atoms with E-state index in [2.05, 4.69) is 5.32 Å². The van der Waals surface area contributed by atoms with E-state index >= 15 is 0 Å². The third kappa shape index (κ3) is 2.69. The van der Waals surface area contributed by atoms with Crippen LogP contribution < -0.4 is 5.32 Å². The summed E-state index contributed by atoms with van der Waals surface area (Å²) in [5.41, 5.74) is 0.869. The van der Waals surface area contributed by atoms with Crippen molar-refractivity contribution >= 4 is 39.8 Å². The average molecular weight is 316 g/mol. The number of methoxy groups -OCH3 is 1. The summed E-state index contributed by atoms with van der Waals surface area (Å²) in [6.07, 6.45) is 2.87. The van der Waals surface area contributed by atoms with E-state index in [1.807, 2.05) is 0 Å². The van der Waals surface area contributed by atoms with Crippen molar-refractivity contribution in [1.29, 1.82) is 0 Å². The van der Waals surface area contributed by atoms with E-state index < -0.39 is 5.41 Å². The number of amides is 1. The van der Waals surface area contributed by atoms with Crippen LogP contribution in [0.25, 0.3) is 0 Å². The molecular weight excluding hydrogens is 298 g/mol. The number of carbonyl (C=O) groups is 2. The average Bonchev–Trinajstić information content (AvgIpc) is 2.98. The van der Waals surface area contributed by atoms with Crippen LogP contribution in [0.4, 0.5) is 5.00 Å². The van der Waals surface area contributed by atoms with Gasteiger partial charge < -0.3 is 10.1 Å². The summed E-state index contributed by atoms with van der Waals surface area (Å²) in [7, 11) is 1.36. The fraction of sp³-hybridized carbons (Fsp3) is 0.571. The highest BCUT2D eigenvalue weighted by molar-refractivity contribution is 7.17. The molecular formula is C14H18ClNO3S. The summed E-state index contributed by atoms with van der Waals surface area (Å²) in [5, 5.41) is 3.43. The van der Waals surface area contributed by atoms with Crippen molar-refractivity contribution in [1.82, 2.24) is 0 Å².